The van der Waals surface area contributed by atoms with Gasteiger partial charge in [0, 0.05) is 24.0 Å². The predicted octanol–water partition coefficient (Wildman–Crippen LogP) is 5.02. The van der Waals surface area contributed by atoms with E-state index in [-0.39, 0.29) is 10.0 Å². The maximum Gasteiger partial charge on any atom is 0.261 e. The molecular formula is C25H26BrN3O5S2. The zero-order valence-electron chi connectivity index (χ0n) is 19.9. The van der Waals surface area contributed by atoms with Crippen LogP contribution in [-0.4, -0.2) is 39.8 Å². The minimum atomic E-state index is -3.76. The number of halogens is 1. The molecule has 190 valence electrons. The quantitative estimate of drug-likeness (QED) is 0.237. The molecule has 3 aromatic carbocycles. The van der Waals surface area contributed by atoms with Crippen molar-refractivity contribution < 1.29 is 22.7 Å². The van der Waals surface area contributed by atoms with Crippen LogP contribution in [0.1, 0.15) is 21.5 Å². The molecule has 1 amide bonds. The number of anilines is 2. The second kappa shape index (κ2) is 12.3. The van der Waals surface area contributed by atoms with E-state index in [1.54, 1.807) is 49.6 Å². The number of sulfonamides is 1. The molecule has 3 rings (SSSR count). The van der Waals surface area contributed by atoms with E-state index in [2.05, 4.69) is 31.3 Å². The Balaban J connectivity index is 1.59. The number of nitrogens with one attached hydrogen (secondary N) is 3. The van der Waals surface area contributed by atoms with Crippen molar-refractivity contribution in [3.8, 4) is 5.75 Å². The van der Waals surface area contributed by atoms with Gasteiger partial charge < -0.3 is 14.8 Å². The van der Waals surface area contributed by atoms with Gasteiger partial charge in [-0.25, -0.2) is 8.42 Å². The summed E-state index contributed by atoms with van der Waals surface area (Å²) in [5.74, 6) is 0.180. The monoisotopic (exact) mass is 591 g/mol. The standard InChI is InChI=1S/C25H26BrN3O5S2/c1-16-12-17(2)14-20(13-16)29-36(31,32)21-7-5-19(6-8-21)27-25(35)28-24(30)18-4-9-23(22(26)15-18)34-11-10-33-3/h4-9,12-15,29H,10-11H2,1-3H3,(H2,27,28,30,35). The Morgan fingerprint density at radius 3 is 2.22 bits per heavy atom. The minimum Gasteiger partial charge on any atom is -0.490 e. The number of carbonyl (C=O) groups is 1. The molecule has 36 heavy (non-hydrogen) atoms. The van der Waals surface area contributed by atoms with Gasteiger partial charge in [0.1, 0.15) is 12.4 Å². The highest BCUT2D eigenvalue weighted by Crippen LogP contribution is 2.26. The molecule has 3 N–H and O–H groups in total. The molecule has 3 aromatic rings. The molecule has 0 aliphatic rings. The van der Waals surface area contributed by atoms with E-state index < -0.39 is 15.9 Å². The normalized spacial score (nSPS) is 11.0. The zero-order valence-corrected chi connectivity index (χ0v) is 23.1. The van der Waals surface area contributed by atoms with Gasteiger partial charge in [0.2, 0.25) is 0 Å². The summed E-state index contributed by atoms with van der Waals surface area (Å²) < 4.78 is 39.2. The van der Waals surface area contributed by atoms with E-state index in [1.165, 1.54) is 12.1 Å². The van der Waals surface area contributed by atoms with Crippen LogP contribution in [0.4, 0.5) is 11.4 Å². The maximum absolute atomic E-state index is 12.8. The Labute approximate surface area is 224 Å². The lowest BCUT2D eigenvalue weighted by molar-refractivity contribution is 0.0977. The van der Waals surface area contributed by atoms with Crippen LogP contribution in [0.2, 0.25) is 0 Å². The number of hydrogen-bond donors (Lipinski definition) is 3. The van der Waals surface area contributed by atoms with Gasteiger partial charge >= 0.3 is 0 Å². The molecule has 0 atom stereocenters. The average Bonchev–Trinajstić information content (AvgIpc) is 2.79. The SMILES string of the molecule is COCCOc1ccc(C(=O)NC(=S)Nc2ccc(S(=O)(=O)Nc3cc(C)cc(C)c3)cc2)cc1Br. The smallest absolute Gasteiger partial charge is 0.261 e. The summed E-state index contributed by atoms with van der Waals surface area (Å²) in [5.41, 5.74) is 3.32. The summed E-state index contributed by atoms with van der Waals surface area (Å²) in [6.45, 7) is 4.64. The number of thiocarbonyl (C=S) groups is 1. The van der Waals surface area contributed by atoms with E-state index >= 15 is 0 Å². The molecular weight excluding hydrogens is 566 g/mol. The number of carbonyl (C=O) groups excluding carboxylic acids is 1. The van der Waals surface area contributed by atoms with Crippen LogP contribution < -0.4 is 20.1 Å². The molecule has 0 radical (unpaired) electrons. The highest BCUT2D eigenvalue weighted by molar-refractivity contribution is 9.10. The molecule has 0 saturated carbocycles. The Bertz CT molecular complexity index is 1340. The van der Waals surface area contributed by atoms with Crippen molar-refractivity contribution in [2.45, 2.75) is 18.7 Å². The van der Waals surface area contributed by atoms with Gasteiger partial charge in [0.15, 0.2) is 5.11 Å². The molecule has 0 saturated heterocycles. The third-order valence-electron chi connectivity index (χ3n) is 4.86. The first kappa shape index (κ1) is 27.6. The Kier molecular flexibility index (Phi) is 9.43. The average molecular weight is 593 g/mol. The lowest BCUT2D eigenvalue weighted by Crippen LogP contribution is -2.34. The van der Waals surface area contributed by atoms with Crippen molar-refractivity contribution in [2.24, 2.45) is 0 Å². The van der Waals surface area contributed by atoms with Crippen LogP contribution in [0.5, 0.6) is 5.75 Å². The van der Waals surface area contributed by atoms with Crippen molar-refractivity contribution in [3.05, 3.63) is 81.8 Å². The highest BCUT2D eigenvalue weighted by Gasteiger charge is 2.15. The van der Waals surface area contributed by atoms with Gasteiger partial charge in [-0.15, -0.1) is 0 Å². The Morgan fingerprint density at radius 1 is 0.944 bits per heavy atom. The van der Waals surface area contributed by atoms with E-state index in [9.17, 15) is 13.2 Å². The van der Waals surface area contributed by atoms with Crippen molar-refractivity contribution in [3.63, 3.8) is 0 Å². The topological polar surface area (TPSA) is 106 Å². The number of benzene rings is 3. The molecule has 0 bridgehead atoms. The lowest BCUT2D eigenvalue weighted by atomic mass is 10.1. The van der Waals surface area contributed by atoms with Crippen LogP contribution >= 0.6 is 28.1 Å². The van der Waals surface area contributed by atoms with E-state index in [1.807, 2.05) is 19.9 Å². The summed E-state index contributed by atoms with van der Waals surface area (Å²) in [7, 11) is -2.18. The van der Waals surface area contributed by atoms with Crippen molar-refractivity contribution >= 4 is 60.6 Å². The second-order valence-electron chi connectivity index (χ2n) is 7.90. The summed E-state index contributed by atoms with van der Waals surface area (Å²) in [5, 5.41) is 5.55. The fraction of sp³-hybridized carbons (Fsp3) is 0.200. The van der Waals surface area contributed by atoms with Crippen molar-refractivity contribution in [1.29, 1.82) is 0 Å². The van der Waals surface area contributed by atoms with Crippen LogP contribution in [0.15, 0.2) is 70.0 Å². The summed E-state index contributed by atoms with van der Waals surface area (Å²) in [6, 6.07) is 16.5. The van der Waals surface area contributed by atoms with Gasteiger partial charge in [-0.1, -0.05) is 6.07 Å². The molecule has 8 nitrogen and oxygen atoms in total. The predicted molar refractivity (Wildman–Crippen MR) is 148 cm³/mol. The lowest BCUT2D eigenvalue weighted by Gasteiger charge is -2.13. The first-order chi connectivity index (χ1) is 17.1. The zero-order chi connectivity index (χ0) is 26.3. The van der Waals surface area contributed by atoms with Gasteiger partial charge in [0.05, 0.1) is 16.0 Å². The maximum atomic E-state index is 12.8. The van der Waals surface area contributed by atoms with E-state index in [0.717, 1.165) is 11.1 Å². The van der Waals surface area contributed by atoms with Crippen molar-refractivity contribution in [2.75, 3.05) is 30.4 Å². The van der Waals surface area contributed by atoms with Gasteiger partial charge in [-0.05, 0) is 108 Å². The summed E-state index contributed by atoms with van der Waals surface area (Å²) >= 11 is 8.62. The molecule has 0 fully saturated rings. The first-order valence-electron chi connectivity index (χ1n) is 10.8. The van der Waals surface area contributed by atoms with Crippen LogP contribution in [0.3, 0.4) is 0 Å². The second-order valence-corrected chi connectivity index (χ2v) is 10.8. The number of amides is 1. The summed E-state index contributed by atoms with van der Waals surface area (Å²) in [4.78, 5) is 12.7. The minimum absolute atomic E-state index is 0.0699. The third-order valence-corrected chi connectivity index (χ3v) is 7.08. The first-order valence-corrected chi connectivity index (χ1v) is 13.5. The van der Waals surface area contributed by atoms with Gasteiger partial charge in [0.25, 0.3) is 15.9 Å². The van der Waals surface area contributed by atoms with Crippen LogP contribution in [0.25, 0.3) is 0 Å². The molecule has 0 heterocycles. The van der Waals surface area contributed by atoms with Crippen LogP contribution in [-0.2, 0) is 14.8 Å². The largest absolute Gasteiger partial charge is 0.490 e. The molecule has 0 spiro atoms. The number of methoxy groups -OCH3 is 1. The van der Waals surface area contributed by atoms with Crippen molar-refractivity contribution in [1.82, 2.24) is 5.32 Å². The Hall–Kier alpha value is -2.99. The molecule has 11 heteroatoms. The number of rotatable bonds is 9. The van der Waals surface area contributed by atoms with Gasteiger partial charge in [-0.2, -0.15) is 0 Å². The molecule has 0 unspecified atom stereocenters. The van der Waals surface area contributed by atoms with E-state index in [4.69, 9.17) is 21.7 Å². The molecule has 0 aromatic heterocycles. The van der Waals surface area contributed by atoms with E-state index in [0.29, 0.717) is 40.4 Å². The van der Waals surface area contributed by atoms with Crippen LogP contribution in [0, 0.1) is 13.8 Å². The van der Waals surface area contributed by atoms with Gasteiger partial charge in [-0.3, -0.25) is 14.8 Å². The molecule has 0 aliphatic heterocycles. The third kappa shape index (κ3) is 7.76. The highest BCUT2D eigenvalue weighted by atomic mass is 79.9. The number of aryl methyl sites for hydroxylation is 2. The summed E-state index contributed by atoms with van der Waals surface area (Å²) in [6.07, 6.45) is 0. The number of hydrogen-bond acceptors (Lipinski definition) is 6. The Morgan fingerprint density at radius 2 is 1.61 bits per heavy atom. The molecule has 0 aliphatic carbocycles. The fourth-order valence-electron chi connectivity index (χ4n) is 3.30. The number of ether oxygens (including phenoxy) is 2. The fourth-order valence-corrected chi connectivity index (χ4v) is 5.04.